The van der Waals surface area contributed by atoms with Crippen molar-refractivity contribution in [3.63, 3.8) is 0 Å². The number of benzene rings is 2. The van der Waals surface area contributed by atoms with Gasteiger partial charge in [-0.1, -0.05) is 41.6 Å². The number of ether oxygens (including phenoxy) is 1. The lowest BCUT2D eigenvalue weighted by atomic mass is 10.0. The molecule has 5 aromatic rings. The molecule has 10 heteroatoms. The maximum atomic E-state index is 11.9. The van der Waals surface area contributed by atoms with Crippen molar-refractivity contribution in [1.29, 1.82) is 0 Å². The number of hydrogen-bond acceptors (Lipinski definition) is 8. The first-order chi connectivity index (χ1) is 19.0. The van der Waals surface area contributed by atoms with Crippen LogP contribution in [0.2, 0.25) is 0 Å². The van der Waals surface area contributed by atoms with E-state index in [0.717, 1.165) is 50.4 Å². The number of aromatic nitrogens is 5. The van der Waals surface area contributed by atoms with Gasteiger partial charge >= 0.3 is 0 Å². The Bertz CT molecular complexity index is 1620. The lowest BCUT2D eigenvalue weighted by Crippen LogP contribution is -2.40. The third-order valence-corrected chi connectivity index (χ3v) is 7.06. The highest BCUT2D eigenvalue weighted by Gasteiger charge is 2.28. The van der Waals surface area contributed by atoms with E-state index in [1.54, 1.807) is 24.1 Å². The molecule has 6 rings (SSSR count). The summed E-state index contributed by atoms with van der Waals surface area (Å²) in [6.07, 6.45) is 3.49. The fourth-order valence-electron chi connectivity index (χ4n) is 5.11. The molecule has 1 N–H and O–H groups in total. The highest BCUT2D eigenvalue weighted by atomic mass is 16.5. The summed E-state index contributed by atoms with van der Waals surface area (Å²) in [5.41, 5.74) is 5.52. The Morgan fingerprint density at radius 2 is 1.95 bits per heavy atom. The molecule has 0 aliphatic carbocycles. The summed E-state index contributed by atoms with van der Waals surface area (Å²) in [6, 6.07) is 16.5. The van der Waals surface area contributed by atoms with Crippen molar-refractivity contribution in [2.24, 2.45) is 0 Å². The summed E-state index contributed by atoms with van der Waals surface area (Å²) < 4.78 is 13.0. The van der Waals surface area contributed by atoms with E-state index >= 15 is 0 Å². The van der Waals surface area contributed by atoms with Crippen molar-refractivity contribution in [3.8, 4) is 22.5 Å². The molecule has 1 atom stereocenters. The van der Waals surface area contributed by atoms with E-state index in [1.807, 2.05) is 44.2 Å². The predicted molar refractivity (Wildman–Crippen MR) is 147 cm³/mol. The topological polar surface area (TPSA) is 111 Å². The Kier molecular flexibility index (Phi) is 6.54. The first-order valence-electron chi connectivity index (χ1n) is 12.9. The first kappa shape index (κ1) is 24.7. The molecule has 0 saturated carbocycles. The number of nitrogens with zero attached hydrogens (tertiary/aromatic N) is 6. The Labute approximate surface area is 225 Å². The summed E-state index contributed by atoms with van der Waals surface area (Å²) in [7, 11) is 1.60. The molecular weight excluding hydrogens is 494 g/mol. The van der Waals surface area contributed by atoms with E-state index in [2.05, 4.69) is 38.7 Å². The number of nitrogens with one attached hydrogen (secondary N) is 1. The number of carbonyl (C=O) groups is 1. The highest BCUT2D eigenvalue weighted by molar-refractivity contribution is 5.95. The van der Waals surface area contributed by atoms with E-state index in [1.165, 1.54) is 0 Å². The number of likely N-dealkylation sites (N-methyl/N-ethyl adjacent to an activating group) is 1. The van der Waals surface area contributed by atoms with Gasteiger partial charge in [-0.25, -0.2) is 9.97 Å². The second-order valence-corrected chi connectivity index (χ2v) is 9.60. The molecule has 0 unspecified atom stereocenters. The van der Waals surface area contributed by atoms with Gasteiger partial charge in [-0.2, -0.15) is 5.10 Å². The van der Waals surface area contributed by atoms with Crippen molar-refractivity contribution >= 4 is 22.6 Å². The van der Waals surface area contributed by atoms with Gasteiger partial charge in [0.05, 0.1) is 42.2 Å². The zero-order valence-corrected chi connectivity index (χ0v) is 22.1. The fourth-order valence-corrected chi connectivity index (χ4v) is 5.11. The molecule has 1 saturated heterocycles. The van der Waals surface area contributed by atoms with Crippen LogP contribution in [0.1, 0.15) is 23.1 Å². The van der Waals surface area contributed by atoms with Crippen molar-refractivity contribution in [3.05, 3.63) is 77.9 Å². The summed E-state index contributed by atoms with van der Waals surface area (Å²) in [5.74, 6) is 2.00. The fraction of sp³-hybridized carbons (Fsp3) is 0.276. The van der Waals surface area contributed by atoms with Crippen LogP contribution in [0.3, 0.4) is 0 Å². The van der Waals surface area contributed by atoms with Crippen LogP contribution in [0.25, 0.3) is 33.4 Å². The summed E-state index contributed by atoms with van der Waals surface area (Å²) >= 11 is 0. The average molecular weight is 524 g/mol. The van der Waals surface area contributed by atoms with Crippen LogP contribution in [0.15, 0.2) is 65.4 Å². The van der Waals surface area contributed by atoms with Gasteiger partial charge in [-0.15, -0.1) is 0 Å². The Hall–Kier alpha value is -4.57. The third-order valence-electron chi connectivity index (χ3n) is 7.06. The van der Waals surface area contributed by atoms with Crippen molar-refractivity contribution in [2.75, 3.05) is 31.7 Å². The van der Waals surface area contributed by atoms with E-state index in [-0.39, 0.29) is 18.5 Å². The van der Waals surface area contributed by atoms with Crippen LogP contribution < -0.4 is 10.2 Å². The third kappa shape index (κ3) is 4.74. The molecule has 1 fully saturated rings. The van der Waals surface area contributed by atoms with Crippen LogP contribution >= 0.6 is 0 Å². The predicted octanol–water partition coefficient (Wildman–Crippen LogP) is 4.09. The van der Waals surface area contributed by atoms with Crippen molar-refractivity contribution in [2.45, 2.75) is 26.4 Å². The number of morpholine rings is 1. The molecular formula is C29H29N7O3. The number of aryl methyl sites for hydroxylation is 2. The zero-order valence-electron chi connectivity index (χ0n) is 22.1. The highest BCUT2D eigenvalue weighted by Crippen LogP contribution is 2.37. The molecule has 10 nitrogen and oxygen atoms in total. The van der Waals surface area contributed by atoms with Crippen LogP contribution in [0.4, 0.5) is 5.82 Å². The van der Waals surface area contributed by atoms with Gasteiger partial charge in [0.2, 0.25) is 5.91 Å². The minimum Gasteiger partial charge on any atom is -0.377 e. The van der Waals surface area contributed by atoms with Gasteiger partial charge in [0.1, 0.15) is 18.1 Å². The molecule has 198 valence electrons. The van der Waals surface area contributed by atoms with E-state index in [4.69, 9.17) is 19.2 Å². The minimum atomic E-state index is -0.129. The second kappa shape index (κ2) is 10.3. The maximum absolute atomic E-state index is 11.9. The van der Waals surface area contributed by atoms with Crippen LogP contribution in [0.5, 0.6) is 0 Å². The lowest BCUT2D eigenvalue weighted by molar-refractivity contribution is -0.121. The number of fused-ring (bicyclic) bond motifs is 1. The van der Waals surface area contributed by atoms with E-state index in [0.29, 0.717) is 25.6 Å². The Morgan fingerprint density at radius 1 is 1.10 bits per heavy atom. The largest absolute Gasteiger partial charge is 0.377 e. The van der Waals surface area contributed by atoms with Gasteiger partial charge in [-0.05, 0) is 37.1 Å². The molecule has 1 aliphatic rings. The normalized spacial score (nSPS) is 15.6. The molecule has 39 heavy (non-hydrogen) atoms. The van der Waals surface area contributed by atoms with Gasteiger partial charge < -0.3 is 19.5 Å². The monoisotopic (exact) mass is 523 g/mol. The molecule has 0 radical (unpaired) electrons. The van der Waals surface area contributed by atoms with Gasteiger partial charge in [-0.3, -0.25) is 9.48 Å². The zero-order chi connectivity index (χ0) is 26.9. The summed E-state index contributed by atoms with van der Waals surface area (Å²) in [4.78, 5) is 24.2. The molecule has 4 heterocycles. The smallest absolute Gasteiger partial charge is 0.241 e. The van der Waals surface area contributed by atoms with E-state index < -0.39 is 0 Å². The molecule has 0 bridgehead atoms. The van der Waals surface area contributed by atoms with Gasteiger partial charge in [0.15, 0.2) is 5.82 Å². The summed E-state index contributed by atoms with van der Waals surface area (Å²) in [5, 5.41) is 12.1. The maximum Gasteiger partial charge on any atom is 0.241 e. The standard InChI is InChI=1S/C29H29N7O3/c1-18-27(19(2)39-34-18)21-9-10-24-23(13-21)29(36-11-12-38-17-25(36)20-7-5-4-6-8-20)33-28(32-24)22-14-31-35(15-22)16-26(37)30-3/h4-10,13-15,25H,11-12,16-17H2,1-3H3,(H,30,37)/t25-/m1/s1. The SMILES string of the molecule is CNC(=O)Cn1cc(-c2nc(N3CCOC[C@@H]3c3ccccc3)c3cc(-c4c(C)noc4C)ccc3n2)cn1. The van der Waals surface area contributed by atoms with Crippen LogP contribution in [0, 0.1) is 13.8 Å². The molecule has 3 aromatic heterocycles. The molecule has 1 aliphatic heterocycles. The van der Waals surface area contributed by atoms with Crippen molar-refractivity contribution in [1.82, 2.24) is 30.2 Å². The summed E-state index contributed by atoms with van der Waals surface area (Å²) in [6.45, 7) is 5.81. The van der Waals surface area contributed by atoms with E-state index in [9.17, 15) is 4.79 Å². The minimum absolute atomic E-state index is 0.00964. The van der Waals surface area contributed by atoms with Gasteiger partial charge in [0, 0.05) is 30.7 Å². The molecule has 2 aromatic carbocycles. The number of rotatable bonds is 6. The number of anilines is 1. The number of carbonyl (C=O) groups excluding carboxylic acids is 1. The molecule has 0 spiro atoms. The van der Waals surface area contributed by atoms with Crippen molar-refractivity contribution < 1.29 is 14.1 Å². The average Bonchev–Trinajstić information content (AvgIpc) is 3.58. The lowest BCUT2D eigenvalue weighted by Gasteiger charge is -2.37. The quantitative estimate of drug-likeness (QED) is 0.354. The second-order valence-electron chi connectivity index (χ2n) is 9.60. The van der Waals surface area contributed by atoms with Gasteiger partial charge in [0.25, 0.3) is 0 Å². The van der Waals surface area contributed by atoms with Crippen LogP contribution in [-0.2, 0) is 16.1 Å². The Balaban J connectivity index is 1.52. The Morgan fingerprint density at radius 3 is 2.72 bits per heavy atom. The number of amides is 1. The molecule has 1 amide bonds. The van der Waals surface area contributed by atoms with Crippen LogP contribution in [-0.4, -0.2) is 57.6 Å². The number of hydrogen-bond donors (Lipinski definition) is 1. The first-order valence-corrected chi connectivity index (χ1v) is 12.9.